The van der Waals surface area contributed by atoms with Crippen LogP contribution in [0.25, 0.3) is 0 Å². The van der Waals surface area contributed by atoms with Gasteiger partial charge in [0.2, 0.25) is 21.8 Å². The molecular formula is C47H60N6O8S. The number of benzene rings is 4. The molecule has 2 atom stereocenters. The number of ketones is 2. The van der Waals surface area contributed by atoms with E-state index in [0.717, 1.165) is 22.3 Å². The summed E-state index contributed by atoms with van der Waals surface area (Å²) in [6.45, 7) is 2.06. The minimum atomic E-state index is -4.06. The molecule has 0 spiro atoms. The SMILES string of the molecule is COCCOCCNC(=O)CCC(=O)Cc1ccc(CS(=O)(=O)N[C@H](CCCc2ccccc2)C(=O)C[C@@H](Cc2cccc(CN)c2)C(=O)NCc2ccc(C(=N)N)cc2)cc1. The van der Waals surface area contributed by atoms with Crippen molar-refractivity contribution in [3.05, 3.63) is 142 Å². The largest absolute Gasteiger partial charge is 0.384 e. The van der Waals surface area contributed by atoms with Crippen molar-refractivity contribution in [2.24, 2.45) is 17.4 Å². The Morgan fingerprint density at radius 2 is 1.44 bits per heavy atom. The zero-order valence-electron chi connectivity index (χ0n) is 35.4. The predicted molar refractivity (Wildman–Crippen MR) is 239 cm³/mol. The van der Waals surface area contributed by atoms with Gasteiger partial charge in [0.25, 0.3) is 0 Å². The molecular weight excluding hydrogens is 809 g/mol. The number of carbonyl (C=O) groups is 4. The lowest BCUT2D eigenvalue weighted by molar-refractivity contribution is -0.130. The van der Waals surface area contributed by atoms with Gasteiger partial charge in [-0.2, -0.15) is 0 Å². The molecule has 0 heterocycles. The lowest BCUT2D eigenvalue weighted by Crippen LogP contribution is -2.43. The van der Waals surface area contributed by atoms with E-state index in [1.165, 1.54) is 0 Å². The number of aryl methyl sites for hydroxylation is 1. The number of hydrogen-bond acceptors (Lipinski definition) is 10. The smallest absolute Gasteiger partial charge is 0.224 e. The number of hydrogen-bond donors (Lipinski definition) is 6. The quantitative estimate of drug-likeness (QED) is 0.0261. The molecule has 62 heavy (non-hydrogen) atoms. The van der Waals surface area contributed by atoms with E-state index in [2.05, 4.69) is 15.4 Å². The van der Waals surface area contributed by atoms with E-state index in [1.807, 2.05) is 54.6 Å². The molecule has 332 valence electrons. The number of nitrogens with one attached hydrogen (secondary N) is 4. The zero-order valence-corrected chi connectivity index (χ0v) is 36.2. The summed E-state index contributed by atoms with van der Waals surface area (Å²) in [7, 11) is -2.48. The standard InChI is InChI=1S/C47H60N6O8S/c1-60-25-26-61-24-23-51-45(56)22-21-42(54)29-35-13-15-37(16-14-35)33-62(58,59)53-43(12-6-9-34-7-3-2-4-8-34)44(55)30-41(28-38-10-5-11-39(27-38)31-48)47(57)52-32-36-17-19-40(20-18-36)46(49)50/h2-5,7-8,10-11,13-20,27,41,43,53H,6,9,12,21-26,28-33,48H2,1H3,(H3,49,50)(H,51,56)(H,52,57)/t41-,43-/m1/s1. The maximum absolute atomic E-state index is 14.2. The van der Waals surface area contributed by atoms with Crippen molar-refractivity contribution < 1.29 is 37.1 Å². The molecule has 14 nitrogen and oxygen atoms in total. The molecule has 0 aromatic heterocycles. The van der Waals surface area contributed by atoms with Gasteiger partial charge in [-0.1, -0.05) is 103 Å². The minimum absolute atomic E-state index is 0.0502. The lowest BCUT2D eigenvalue weighted by Gasteiger charge is -2.22. The van der Waals surface area contributed by atoms with Gasteiger partial charge in [-0.15, -0.1) is 0 Å². The third kappa shape index (κ3) is 18.2. The molecule has 4 aromatic carbocycles. The fourth-order valence-electron chi connectivity index (χ4n) is 6.78. The van der Waals surface area contributed by atoms with E-state index < -0.39 is 33.5 Å². The fourth-order valence-corrected chi connectivity index (χ4v) is 8.18. The van der Waals surface area contributed by atoms with E-state index in [9.17, 15) is 27.6 Å². The van der Waals surface area contributed by atoms with Crippen LogP contribution in [0.3, 0.4) is 0 Å². The molecule has 0 aliphatic heterocycles. The predicted octanol–water partition coefficient (Wildman–Crippen LogP) is 4.05. The average Bonchev–Trinajstić information content (AvgIpc) is 3.26. The van der Waals surface area contributed by atoms with Crippen LogP contribution in [0.2, 0.25) is 0 Å². The van der Waals surface area contributed by atoms with Crippen LogP contribution in [0, 0.1) is 11.3 Å². The van der Waals surface area contributed by atoms with E-state index in [-0.39, 0.29) is 68.5 Å². The van der Waals surface area contributed by atoms with Crippen molar-refractivity contribution in [3.63, 3.8) is 0 Å². The summed E-state index contributed by atoms with van der Waals surface area (Å²) in [4.78, 5) is 52.8. The summed E-state index contributed by atoms with van der Waals surface area (Å²) in [6, 6.07) is 29.7. The van der Waals surface area contributed by atoms with Crippen molar-refractivity contribution in [3.8, 4) is 0 Å². The third-order valence-corrected chi connectivity index (χ3v) is 11.5. The highest BCUT2D eigenvalue weighted by Crippen LogP contribution is 2.20. The first-order valence-corrected chi connectivity index (χ1v) is 22.5. The number of methoxy groups -OCH3 is 1. The monoisotopic (exact) mass is 868 g/mol. The average molecular weight is 869 g/mol. The molecule has 4 aromatic rings. The van der Waals surface area contributed by atoms with Gasteiger partial charge in [0.1, 0.15) is 11.6 Å². The first kappa shape index (κ1) is 49.1. The topological polar surface area (TPSA) is 233 Å². The van der Waals surface area contributed by atoms with E-state index in [1.54, 1.807) is 55.6 Å². The maximum atomic E-state index is 14.2. The highest BCUT2D eigenvalue weighted by atomic mass is 32.2. The molecule has 0 aliphatic rings. The lowest BCUT2D eigenvalue weighted by atomic mass is 9.89. The van der Waals surface area contributed by atoms with Crippen LogP contribution in [0.4, 0.5) is 0 Å². The Labute approximate surface area is 365 Å². The molecule has 0 unspecified atom stereocenters. The number of carbonyl (C=O) groups excluding carboxylic acids is 4. The molecule has 0 bridgehead atoms. The summed E-state index contributed by atoms with van der Waals surface area (Å²) >= 11 is 0. The maximum Gasteiger partial charge on any atom is 0.224 e. The number of rotatable bonds is 29. The summed E-state index contributed by atoms with van der Waals surface area (Å²) in [5, 5.41) is 13.3. The van der Waals surface area contributed by atoms with Crippen LogP contribution in [-0.4, -0.2) is 77.2 Å². The molecule has 0 fully saturated rings. The molecule has 2 amide bonds. The summed E-state index contributed by atoms with van der Waals surface area (Å²) < 4.78 is 40.3. The second-order valence-corrected chi connectivity index (χ2v) is 17.0. The van der Waals surface area contributed by atoms with Gasteiger partial charge in [-0.25, -0.2) is 13.1 Å². The Morgan fingerprint density at radius 1 is 0.758 bits per heavy atom. The number of amidine groups is 1. The first-order chi connectivity index (χ1) is 29.8. The van der Waals surface area contributed by atoms with Gasteiger partial charge in [0.15, 0.2) is 5.78 Å². The number of nitrogen functional groups attached to an aromatic ring is 1. The summed E-state index contributed by atoms with van der Waals surface area (Å²) in [6.07, 6.45) is 1.58. The molecule has 0 radical (unpaired) electrons. The van der Waals surface area contributed by atoms with E-state index in [0.29, 0.717) is 62.4 Å². The highest BCUT2D eigenvalue weighted by Gasteiger charge is 2.30. The van der Waals surface area contributed by atoms with Gasteiger partial charge in [0, 0.05) is 63.9 Å². The van der Waals surface area contributed by atoms with Gasteiger partial charge >= 0.3 is 0 Å². The molecule has 8 N–H and O–H groups in total. The van der Waals surface area contributed by atoms with Crippen molar-refractivity contribution >= 4 is 39.2 Å². The van der Waals surface area contributed by atoms with Gasteiger partial charge in [-0.3, -0.25) is 24.6 Å². The Kier molecular flexibility index (Phi) is 20.6. The van der Waals surface area contributed by atoms with Crippen molar-refractivity contribution in [1.82, 2.24) is 15.4 Å². The zero-order chi connectivity index (χ0) is 44.7. The van der Waals surface area contributed by atoms with Crippen LogP contribution in [0.1, 0.15) is 71.0 Å². The Balaban J connectivity index is 1.42. The van der Waals surface area contributed by atoms with Crippen LogP contribution < -0.4 is 26.8 Å². The van der Waals surface area contributed by atoms with Gasteiger partial charge < -0.3 is 31.6 Å². The normalized spacial score (nSPS) is 12.3. The van der Waals surface area contributed by atoms with Crippen molar-refractivity contribution in [1.29, 1.82) is 5.41 Å². The Bertz CT molecular complexity index is 2170. The molecule has 0 aliphatic carbocycles. The van der Waals surface area contributed by atoms with Crippen LogP contribution >= 0.6 is 0 Å². The van der Waals surface area contributed by atoms with E-state index in [4.69, 9.17) is 26.4 Å². The molecule has 15 heteroatoms. The van der Waals surface area contributed by atoms with Crippen LogP contribution in [0.5, 0.6) is 0 Å². The molecule has 0 saturated carbocycles. The number of amides is 2. The second-order valence-electron chi connectivity index (χ2n) is 15.2. The fraction of sp³-hybridized carbons (Fsp3) is 0.383. The number of sulfonamides is 1. The molecule has 0 saturated heterocycles. The van der Waals surface area contributed by atoms with Crippen molar-refractivity contribution in [2.75, 3.05) is 33.5 Å². The van der Waals surface area contributed by atoms with Crippen LogP contribution in [0.15, 0.2) is 103 Å². The van der Waals surface area contributed by atoms with Crippen LogP contribution in [-0.2, 0) is 76.8 Å². The van der Waals surface area contributed by atoms with Gasteiger partial charge in [-0.05, 0) is 59.1 Å². The number of Topliss-reactive ketones (excluding diaryl/α,β-unsaturated/α-hetero) is 2. The Morgan fingerprint density at radius 3 is 2.13 bits per heavy atom. The third-order valence-electron chi connectivity index (χ3n) is 10.2. The van der Waals surface area contributed by atoms with Gasteiger partial charge in [0.05, 0.1) is 31.6 Å². The molecule has 4 rings (SSSR count). The summed E-state index contributed by atoms with van der Waals surface area (Å²) in [5.74, 6) is -2.43. The first-order valence-electron chi connectivity index (χ1n) is 20.8. The minimum Gasteiger partial charge on any atom is -0.384 e. The number of ether oxygens (including phenoxy) is 2. The second kappa shape index (κ2) is 26.0. The summed E-state index contributed by atoms with van der Waals surface area (Å²) in [5.41, 5.74) is 16.7. The van der Waals surface area contributed by atoms with Crippen molar-refractivity contribution in [2.45, 2.75) is 76.3 Å². The Hall–Kier alpha value is -5.58. The highest BCUT2D eigenvalue weighted by molar-refractivity contribution is 7.88. The number of nitrogens with two attached hydrogens (primary N) is 2. The van der Waals surface area contributed by atoms with E-state index >= 15 is 0 Å².